The standard InChI is InChI=1S/C13H24N4/c1-4-11-8-17(6-5-13(11)14)9-12-7-10(2)15-16(12)3/h7,11,13H,4-6,8-9,14H2,1-3H3. The minimum atomic E-state index is 0.393. The maximum Gasteiger partial charge on any atom is 0.0597 e. The third-order valence-electron chi connectivity index (χ3n) is 3.89. The van der Waals surface area contributed by atoms with Crippen molar-refractivity contribution in [2.45, 2.75) is 39.3 Å². The van der Waals surface area contributed by atoms with E-state index in [0.29, 0.717) is 12.0 Å². The van der Waals surface area contributed by atoms with Crippen LogP contribution in [0.4, 0.5) is 0 Å². The summed E-state index contributed by atoms with van der Waals surface area (Å²) in [5.74, 6) is 0.651. The Hall–Kier alpha value is -0.870. The summed E-state index contributed by atoms with van der Waals surface area (Å²) in [7, 11) is 2.02. The zero-order valence-electron chi connectivity index (χ0n) is 11.2. The van der Waals surface area contributed by atoms with Crippen LogP contribution in [0.25, 0.3) is 0 Å². The largest absolute Gasteiger partial charge is 0.327 e. The molecule has 4 heteroatoms. The summed E-state index contributed by atoms with van der Waals surface area (Å²) >= 11 is 0. The number of aromatic nitrogens is 2. The van der Waals surface area contributed by atoms with Gasteiger partial charge in [0.25, 0.3) is 0 Å². The lowest BCUT2D eigenvalue weighted by molar-refractivity contribution is 0.142. The lowest BCUT2D eigenvalue weighted by atomic mass is 9.90. The van der Waals surface area contributed by atoms with Crippen molar-refractivity contribution in [1.29, 1.82) is 0 Å². The van der Waals surface area contributed by atoms with Gasteiger partial charge < -0.3 is 5.73 Å². The molecule has 96 valence electrons. The first-order valence-electron chi connectivity index (χ1n) is 6.57. The quantitative estimate of drug-likeness (QED) is 0.860. The molecule has 0 saturated carbocycles. The van der Waals surface area contributed by atoms with Gasteiger partial charge in [0.15, 0.2) is 0 Å². The second kappa shape index (κ2) is 5.19. The third kappa shape index (κ3) is 2.87. The number of likely N-dealkylation sites (tertiary alicyclic amines) is 1. The number of piperidine rings is 1. The highest BCUT2D eigenvalue weighted by molar-refractivity contribution is 5.08. The van der Waals surface area contributed by atoms with Crippen molar-refractivity contribution in [2.24, 2.45) is 18.7 Å². The highest BCUT2D eigenvalue weighted by Crippen LogP contribution is 2.20. The Bertz CT molecular complexity index is 371. The normalized spacial score (nSPS) is 26.4. The Morgan fingerprint density at radius 1 is 1.53 bits per heavy atom. The van der Waals surface area contributed by atoms with E-state index < -0.39 is 0 Å². The minimum Gasteiger partial charge on any atom is -0.327 e. The zero-order valence-corrected chi connectivity index (χ0v) is 11.2. The van der Waals surface area contributed by atoms with E-state index in [1.54, 1.807) is 0 Å². The Labute approximate surface area is 104 Å². The Kier molecular flexibility index (Phi) is 3.84. The number of nitrogens with two attached hydrogens (primary N) is 1. The van der Waals surface area contributed by atoms with Gasteiger partial charge in [0.05, 0.1) is 11.4 Å². The average Bonchev–Trinajstić information content (AvgIpc) is 2.60. The molecule has 1 aromatic heterocycles. The van der Waals surface area contributed by atoms with E-state index in [1.807, 2.05) is 18.7 Å². The molecule has 0 amide bonds. The number of rotatable bonds is 3. The van der Waals surface area contributed by atoms with Crippen molar-refractivity contribution < 1.29 is 0 Å². The van der Waals surface area contributed by atoms with Crippen LogP contribution in [0.1, 0.15) is 31.2 Å². The van der Waals surface area contributed by atoms with Crippen LogP contribution in [0, 0.1) is 12.8 Å². The molecule has 2 heterocycles. The smallest absolute Gasteiger partial charge is 0.0597 e. The van der Waals surface area contributed by atoms with Gasteiger partial charge in [-0.05, 0) is 25.3 Å². The Morgan fingerprint density at radius 2 is 2.29 bits per heavy atom. The third-order valence-corrected chi connectivity index (χ3v) is 3.89. The summed E-state index contributed by atoms with van der Waals surface area (Å²) in [6, 6.07) is 2.57. The molecule has 1 fully saturated rings. The van der Waals surface area contributed by atoms with Crippen LogP contribution in [-0.4, -0.2) is 33.8 Å². The fraction of sp³-hybridized carbons (Fsp3) is 0.769. The predicted octanol–water partition coefficient (Wildman–Crippen LogP) is 1.29. The molecule has 0 aliphatic carbocycles. The molecule has 0 spiro atoms. The first-order valence-corrected chi connectivity index (χ1v) is 6.57. The van der Waals surface area contributed by atoms with Crippen LogP contribution in [0.15, 0.2) is 6.07 Å². The summed E-state index contributed by atoms with van der Waals surface area (Å²) in [6.45, 7) is 7.52. The minimum absolute atomic E-state index is 0.393. The van der Waals surface area contributed by atoms with Gasteiger partial charge in [-0.3, -0.25) is 9.58 Å². The summed E-state index contributed by atoms with van der Waals surface area (Å²) in [6.07, 6.45) is 2.30. The second-order valence-electron chi connectivity index (χ2n) is 5.26. The molecule has 4 nitrogen and oxygen atoms in total. The summed E-state index contributed by atoms with van der Waals surface area (Å²) < 4.78 is 1.99. The van der Waals surface area contributed by atoms with Crippen molar-refractivity contribution in [3.05, 3.63) is 17.5 Å². The highest BCUT2D eigenvalue weighted by atomic mass is 15.3. The molecule has 1 aromatic rings. The topological polar surface area (TPSA) is 47.1 Å². The van der Waals surface area contributed by atoms with Gasteiger partial charge in [-0.1, -0.05) is 13.3 Å². The van der Waals surface area contributed by atoms with Gasteiger partial charge in [0, 0.05) is 32.7 Å². The van der Waals surface area contributed by atoms with E-state index in [9.17, 15) is 0 Å². The first kappa shape index (κ1) is 12.6. The Balaban J connectivity index is 1.98. The molecule has 0 radical (unpaired) electrons. The van der Waals surface area contributed by atoms with E-state index in [4.69, 9.17) is 5.73 Å². The molecule has 2 unspecified atom stereocenters. The van der Waals surface area contributed by atoms with E-state index in [2.05, 4.69) is 23.0 Å². The predicted molar refractivity (Wildman–Crippen MR) is 69.6 cm³/mol. The molecular weight excluding hydrogens is 212 g/mol. The molecule has 17 heavy (non-hydrogen) atoms. The van der Waals surface area contributed by atoms with Gasteiger partial charge in [-0.2, -0.15) is 5.10 Å². The highest BCUT2D eigenvalue weighted by Gasteiger charge is 2.25. The van der Waals surface area contributed by atoms with Crippen molar-refractivity contribution in [2.75, 3.05) is 13.1 Å². The van der Waals surface area contributed by atoms with Gasteiger partial charge in [-0.15, -0.1) is 0 Å². The molecule has 1 saturated heterocycles. The van der Waals surface area contributed by atoms with Crippen LogP contribution in [0.5, 0.6) is 0 Å². The lowest BCUT2D eigenvalue weighted by Gasteiger charge is -2.36. The fourth-order valence-electron chi connectivity index (χ4n) is 2.74. The SMILES string of the molecule is CCC1CN(Cc2cc(C)nn2C)CCC1N. The van der Waals surface area contributed by atoms with E-state index in [-0.39, 0.29) is 0 Å². The summed E-state index contributed by atoms with van der Waals surface area (Å²) in [5, 5.41) is 4.40. The zero-order chi connectivity index (χ0) is 12.4. The van der Waals surface area contributed by atoms with Gasteiger partial charge >= 0.3 is 0 Å². The molecule has 2 N–H and O–H groups in total. The van der Waals surface area contributed by atoms with Crippen LogP contribution in [0.3, 0.4) is 0 Å². The first-order chi connectivity index (χ1) is 8.10. The van der Waals surface area contributed by atoms with Crippen molar-refractivity contribution in [3.8, 4) is 0 Å². The maximum atomic E-state index is 6.13. The molecule has 0 aromatic carbocycles. The molecule has 1 aliphatic rings. The summed E-state index contributed by atoms with van der Waals surface area (Å²) in [5.41, 5.74) is 8.53. The molecule has 0 bridgehead atoms. The van der Waals surface area contributed by atoms with Gasteiger partial charge in [0.1, 0.15) is 0 Å². The van der Waals surface area contributed by atoms with Crippen LogP contribution < -0.4 is 5.73 Å². The van der Waals surface area contributed by atoms with Crippen LogP contribution in [-0.2, 0) is 13.6 Å². The monoisotopic (exact) mass is 236 g/mol. The molecule has 2 rings (SSSR count). The van der Waals surface area contributed by atoms with E-state index in [1.165, 1.54) is 12.1 Å². The number of nitrogens with zero attached hydrogens (tertiary/aromatic N) is 3. The number of hydrogen-bond donors (Lipinski definition) is 1. The fourth-order valence-corrected chi connectivity index (χ4v) is 2.74. The van der Waals surface area contributed by atoms with Gasteiger partial charge in [-0.25, -0.2) is 0 Å². The van der Waals surface area contributed by atoms with Crippen LogP contribution in [0.2, 0.25) is 0 Å². The number of aryl methyl sites for hydroxylation is 2. The molecule has 1 aliphatic heterocycles. The molecule has 2 atom stereocenters. The van der Waals surface area contributed by atoms with Gasteiger partial charge in [0.2, 0.25) is 0 Å². The van der Waals surface area contributed by atoms with E-state index >= 15 is 0 Å². The van der Waals surface area contributed by atoms with Crippen molar-refractivity contribution in [3.63, 3.8) is 0 Å². The lowest BCUT2D eigenvalue weighted by Crippen LogP contribution is -2.46. The van der Waals surface area contributed by atoms with Crippen LogP contribution >= 0.6 is 0 Å². The van der Waals surface area contributed by atoms with Crippen molar-refractivity contribution in [1.82, 2.24) is 14.7 Å². The molecular formula is C13H24N4. The summed E-state index contributed by atoms with van der Waals surface area (Å²) in [4.78, 5) is 2.51. The maximum absolute atomic E-state index is 6.13. The van der Waals surface area contributed by atoms with E-state index in [0.717, 1.165) is 31.7 Å². The average molecular weight is 236 g/mol. The number of hydrogen-bond acceptors (Lipinski definition) is 3. The Morgan fingerprint density at radius 3 is 2.88 bits per heavy atom. The second-order valence-corrected chi connectivity index (χ2v) is 5.26. The van der Waals surface area contributed by atoms with Crippen molar-refractivity contribution >= 4 is 0 Å².